The van der Waals surface area contributed by atoms with Crippen molar-refractivity contribution in [3.63, 3.8) is 0 Å². The minimum Gasteiger partial charge on any atom is -0.466 e. The molecule has 0 aliphatic heterocycles. The molecular formula is C80H155NO5. The molecule has 6 heteroatoms. The number of amides is 1. The Bertz CT molecular complexity index is 1350. The fourth-order valence-corrected chi connectivity index (χ4v) is 12.7. The molecule has 3 N–H and O–H groups in total. The molecule has 510 valence electrons. The third kappa shape index (κ3) is 71.4. The molecule has 0 aliphatic rings. The van der Waals surface area contributed by atoms with Crippen molar-refractivity contribution in [3.8, 4) is 0 Å². The molecule has 0 saturated carbocycles. The first-order valence-electron chi connectivity index (χ1n) is 39.6. The molecule has 0 aromatic carbocycles. The highest BCUT2D eigenvalue weighted by Crippen LogP contribution is 2.20. The lowest BCUT2D eigenvalue weighted by molar-refractivity contribution is -0.143. The fourth-order valence-electron chi connectivity index (χ4n) is 12.7. The Morgan fingerprint density at radius 3 is 0.884 bits per heavy atom. The van der Waals surface area contributed by atoms with E-state index in [4.69, 9.17) is 4.74 Å². The van der Waals surface area contributed by atoms with Gasteiger partial charge >= 0.3 is 5.97 Å². The van der Waals surface area contributed by atoms with Crippen molar-refractivity contribution in [2.24, 2.45) is 0 Å². The Balaban J connectivity index is 3.37. The molecule has 86 heavy (non-hydrogen) atoms. The summed E-state index contributed by atoms with van der Waals surface area (Å²) in [6, 6.07) is -0.542. The fraction of sp³-hybridized carbons (Fsp3) is 0.925. The van der Waals surface area contributed by atoms with Gasteiger partial charge in [0, 0.05) is 12.8 Å². The predicted molar refractivity (Wildman–Crippen MR) is 380 cm³/mol. The van der Waals surface area contributed by atoms with Crippen LogP contribution in [0.25, 0.3) is 0 Å². The minimum atomic E-state index is -0.665. The molecule has 2 unspecified atom stereocenters. The summed E-state index contributed by atoms with van der Waals surface area (Å²) in [5.74, 6) is -0.0107. The number of carbonyl (C=O) groups excluding carboxylic acids is 2. The Kier molecular flexibility index (Phi) is 74.3. The second kappa shape index (κ2) is 75.8. The summed E-state index contributed by atoms with van der Waals surface area (Å²) in [4.78, 5) is 24.7. The third-order valence-electron chi connectivity index (χ3n) is 18.8. The zero-order chi connectivity index (χ0) is 62.0. The van der Waals surface area contributed by atoms with Gasteiger partial charge in [0.25, 0.3) is 0 Å². The van der Waals surface area contributed by atoms with Crippen LogP contribution in [0.4, 0.5) is 0 Å². The van der Waals surface area contributed by atoms with Gasteiger partial charge in [-0.3, -0.25) is 9.59 Å². The molecule has 1 amide bonds. The highest BCUT2D eigenvalue weighted by atomic mass is 16.5. The zero-order valence-electron chi connectivity index (χ0n) is 58.6. The van der Waals surface area contributed by atoms with Gasteiger partial charge in [0.15, 0.2) is 0 Å². The van der Waals surface area contributed by atoms with Gasteiger partial charge in [-0.15, -0.1) is 0 Å². The SMILES string of the molecule is CCCCCCCCCCCCCCCCCCCCCCC(O)C(CO)NC(=O)CCCCCCCCCCCCCCCCC/C=C\C/C=C\CCCCCCCCCCCOC(=O)CCCCCCCCCCCCCCCCCCCC. The van der Waals surface area contributed by atoms with Crippen molar-refractivity contribution >= 4 is 11.9 Å². The van der Waals surface area contributed by atoms with Crippen molar-refractivity contribution in [1.82, 2.24) is 5.32 Å². The van der Waals surface area contributed by atoms with Crippen LogP contribution in [0.15, 0.2) is 24.3 Å². The zero-order valence-corrected chi connectivity index (χ0v) is 58.6. The van der Waals surface area contributed by atoms with Gasteiger partial charge in [-0.25, -0.2) is 0 Å². The van der Waals surface area contributed by atoms with Crippen LogP contribution < -0.4 is 5.32 Å². The molecular weight excluding hydrogens is 1050 g/mol. The minimum absolute atomic E-state index is 0.0187. The van der Waals surface area contributed by atoms with Crippen LogP contribution >= 0.6 is 0 Å². The van der Waals surface area contributed by atoms with E-state index in [0.717, 1.165) is 44.9 Å². The van der Waals surface area contributed by atoms with Crippen LogP contribution in [0.5, 0.6) is 0 Å². The van der Waals surface area contributed by atoms with Gasteiger partial charge in [-0.2, -0.15) is 0 Å². The van der Waals surface area contributed by atoms with E-state index < -0.39 is 12.1 Å². The van der Waals surface area contributed by atoms with Gasteiger partial charge < -0.3 is 20.3 Å². The number of nitrogens with one attached hydrogen (secondary N) is 1. The Morgan fingerprint density at radius 2 is 0.581 bits per heavy atom. The number of rotatable bonds is 75. The second-order valence-electron chi connectivity index (χ2n) is 27.4. The number of hydrogen-bond acceptors (Lipinski definition) is 5. The summed E-state index contributed by atoms with van der Waals surface area (Å²) < 4.78 is 5.51. The van der Waals surface area contributed by atoms with Crippen LogP contribution in [0, 0.1) is 0 Å². The van der Waals surface area contributed by atoms with E-state index in [1.165, 1.54) is 372 Å². The van der Waals surface area contributed by atoms with Crippen LogP contribution in [0.3, 0.4) is 0 Å². The molecule has 0 bridgehead atoms. The molecule has 0 aromatic rings. The van der Waals surface area contributed by atoms with Crippen LogP contribution in [-0.2, 0) is 14.3 Å². The van der Waals surface area contributed by atoms with Crippen LogP contribution in [-0.4, -0.2) is 47.4 Å². The molecule has 0 heterocycles. The molecule has 2 atom stereocenters. The second-order valence-corrected chi connectivity index (χ2v) is 27.4. The summed E-state index contributed by atoms with van der Waals surface area (Å²) in [7, 11) is 0. The summed E-state index contributed by atoms with van der Waals surface area (Å²) in [5, 5.41) is 23.4. The number of unbranched alkanes of at least 4 members (excludes halogenated alkanes) is 60. The molecule has 0 aromatic heterocycles. The number of aliphatic hydroxyl groups is 2. The molecule has 0 saturated heterocycles. The van der Waals surface area contributed by atoms with Crippen LogP contribution in [0.2, 0.25) is 0 Å². The van der Waals surface area contributed by atoms with E-state index in [9.17, 15) is 19.8 Å². The number of hydrogen-bond donors (Lipinski definition) is 3. The maximum absolute atomic E-state index is 12.6. The van der Waals surface area contributed by atoms with Crippen molar-refractivity contribution in [2.75, 3.05) is 13.2 Å². The average molecular weight is 1210 g/mol. The van der Waals surface area contributed by atoms with Gasteiger partial charge in [0.05, 0.1) is 25.4 Å². The summed E-state index contributed by atoms with van der Waals surface area (Å²) >= 11 is 0. The molecule has 0 radical (unpaired) electrons. The molecule has 6 nitrogen and oxygen atoms in total. The monoisotopic (exact) mass is 1210 g/mol. The standard InChI is InChI=1S/C80H155NO5/c1-3-5-7-9-11-13-15-17-19-21-23-37-40-44-48-52-56-60-64-68-72-78(83)77(76-82)81-79(84)73-69-65-61-57-53-49-45-41-38-35-33-31-29-27-25-24-26-28-30-32-34-36-39-43-47-51-55-59-63-67-71-75-86-80(85)74-70-66-62-58-54-50-46-42-22-20-18-16-14-12-10-8-6-4-2/h26,28,32,34,77-78,82-83H,3-25,27,29-31,33,35-76H2,1-2H3,(H,81,84)/b28-26-,34-32-. The summed E-state index contributed by atoms with van der Waals surface area (Å²) in [6.45, 7) is 5.01. The number of esters is 1. The number of aliphatic hydroxyl groups excluding tert-OH is 2. The van der Waals surface area contributed by atoms with Gasteiger partial charge in [-0.1, -0.05) is 404 Å². The van der Waals surface area contributed by atoms with Gasteiger partial charge in [0.1, 0.15) is 0 Å². The number of ether oxygens (including phenoxy) is 1. The quantitative estimate of drug-likeness (QED) is 0.0320. The normalized spacial score (nSPS) is 12.6. The van der Waals surface area contributed by atoms with E-state index in [1.807, 2.05) is 0 Å². The first-order valence-corrected chi connectivity index (χ1v) is 39.6. The predicted octanol–water partition coefficient (Wildman–Crippen LogP) is 26.0. The molecule has 0 fully saturated rings. The van der Waals surface area contributed by atoms with Crippen LogP contribution in [0.1, 0.15) is 450 Å². The summed E-state index contributed by atoms with van der Waals surface area (Å²) in [6.07, 6.45) is 96.9. The van der Waals surface area contributed by atoms with E-state index in [2.05, 4.69) is 43.5 Å². The van der Waals surface area contributed by atoms with Gasteiger partial charge in [0.2, 0.25) is 5.91 Å². The highest BCUT2D eigenvalue weighted by Gasteiger charge is 2.20. The molecule has 0 aliphatic carbocycles. The maximum Gasteiger partial charge on any atom is 0.305 e. The largest absolute Gasteiger partial charge is 0.466 e. The van der Waals surface area contributed by atoms with Gasteiger partial charge in [-0.05, 0) is 57.8 Å². The number of allylic oxidation sites excluding steroid dienone is 4. The van der Waals surface area contributed by atoms with Crippen molar-refractivity contribution < 1.29 is 24.5 Å². The van der Waals surface area contributed by atoms with E-state index in [1.54, 1.807) is 0 Å². The average Bonchev–Trinajstić information content (AvgIpc) is 3.54. The third-order valence-corrected chi connectivity index (χ3v) is 18.8. The van der Waals surface area contributed by atoms with E-state index >= 15 is 0 Å². The topological polar surface area (TPSA) is 95.9 Å². The highest BCUT2D eigenvalue weighted by molar-refractivity contribution is 5.76. The van der Waals surface area contributed by atoms with E-state index in [-0.39, 0.29) is 18.5 Å². The lowest BCUT2D eigenvalue weighted by Gasteiger charge is -2.22. The lowest BCUT2D eigenvalue weighted by Crippen LogP contribution is -2.45. The molecule has 0 rings (SSSR count). The summed E-state index contributed by atoms with van der Waals surface area (Å²) in [5.41, 5.74) is 0. The number of carbonyl (C=O) groups is 2. The Hall–Kier alpha value is -1.66. The Morgan fingerprint density at radius 1 is 0.326 bits per heavy atom. The lowest BCUT2D eigenvalue weighted by atomic mass is 10.0. The van der Waals surface area contributed by atoms with Crippen molar-refractivity contribution in [3.05, 3.63) is 24.3 Å². The molecule has 0 spiro atoms. The Labute approximate surface area is 539 Å². The first-order chi connectivity index (χ1) is 42.5. The smallest absolute Gasteiger partial charge is 0.305 e. The maximum atomic E-state index is 12.6. The van der Waals surface area contributed by atoms with Crippen molar-refractivity contribution in [1.29, 1.82) is 0 Å². The van der Waals surface area contributed by atoms with E-state index in [0.29, 0.717) is 25.9 Å². The van der Waals surface area contributed by atoms with Crippen molar-refractivity contribution in [2.45, 2.75) is 463 Å². The first kappa shape index (κ1) is 84.3.